The normalized spacial score (nSPS) is 30.1. The Morgan fingerprint density at radius 3 is 2.11 bits per heavy atom. The van der Waals surface area contributed by atoms with Gasteiger partial charge in [0.05, 0.1) is 0 Å². The molecular weight excluding hydrogens is 275 g/mol. The first-order valence-electron chi connectivity index (χ1n) is 5.34. The van der Waals surface area contributed by atoms with Crippen molar-refractivity contribution in [3.05, 3.63) is 0 Å². The minimum Gasteiger partial charge on any atom is -0.480 e. The number of halogens is 3. The van der Waals surface area contributed by atoms with Gasteiger partial charge in [0.15, 0.2) is 0 Å². The number of alkyl halides is 3. The summed E-state index contributed by atoms with van der Waals surface area (Å²) in [4.78, 5) is 11.1. The minimum atomic E-state index is -5.65. The molecule has 0 radical (unpaired) electrons. The predicted octanol–water partition coefficient (Wildman–Crippen LogP) is 1.46. The van der Waals surface area contributed by atoms with Crippen LogP contribution < -0.4 is 4.72 Å². The van der Waals surface area contributed by atoms with Gasteiger partial charge in [-0.05, 0) is 31.6 Å². The highest BCUT2D eigenvalue weighted by molar-refractivity contribution is 7.90. The molecule has 106 valence electrons. The van der Waals surface area contributed by atoms with E-state index in [1.807, 2.05) is 6.92 Å². The van der Waals surface area contributed by atoms with Crippen molar-refractivity contribution in [1.29, 1.82) is 0 Å². The average Bonchev–Trinajstić information content (AvgIpc) is 2.19. The van der Waals surface area contributed by atoms with Crippen molar-refractivity contribution >= 4 is 16.0 Å². The summed E-state index contributed by atoms with van der Waals surface area (Å²) in [6, 6.07) is 0. The van der Waals surface area contributed by atoms with Gasteiger partial charge in [-0.3, -0.25) is 4.79 Å². The molecule has 0 atom stereocenters. The number of aliphatic carboxylic acids is 1. The molecule has 1 saturated carbocycles. The molecule has 1 aliphatic carbocycles. The molecule has 0 aromatic rings. The second-order valence-corrected chi connectivity index (χ2v) is 6.29. The summed E-state index contributed by atoms with van der Waals surface area (Å²) < 4.78 is 60.1. The number of sulfonamides is 1. The first kappa shape index (κ1) is 15.2. The van der Waals surface area contributed by atoms with Crippen LogP contribution in [0.3, 0.4) is 0 Å². The predicted molar refractivity (Wildman–Crippen MR) is 56.1 cm³/mol. The highest BCUT2D eigenvalue weighted by Crippen LogP contribution is 2.34. The fourth-order valence-corrected chi connectivity index (χ4v) is 2.85. The molecule has 0 aromatic heterocycles. The summed E-state index contributed by atoms with van der Waals surface area (Å²) >= 11 is 0. The number of hydrogen-bond acceptors (Lipinski definition) is 3. The summed E-state index contributed by atoms with van der Waals surface area (Å²) in [7, 11) is -5.65. The largest absolute Gasteiger partial charge is 0.511 e. The van der Waals surface area contributed by atoms with Gasteiger partial charge >= 0.3 is 21.5 Å². The molecule has 9 heteroatoms. The third-order valence-electron chi connectivity index (χ3n) is 3.17. The number of carboxylic acids is 1. The fraction of sp³-hybridized carbons (Fsp3) is 0.889. The van der Waals surface area contributed by atoms with Crippen molar-refractivity contribution in [2.45, 2.75) is 43.7 Å². The van der Waals surface area contributed by atoms with Crippen LogP contribution in [-0.4, -0.2) is 30.5 Å². The summed E-state index contributed by atoms with van der Waals surface area (Å²) in [6.07, 6.45) is 0.455. The quantitative estimate of drug-likeness (QED) is 0.824. The number of carboxylic acid groups (broad SMARTS) is 1. The van der Waals surface area contributed by atoms with Crippen molar-refractivity contribution in [3.63, 3.8) is 0 Å². The van der Waals surface area contributed by atoms with Gasteiger partial charge in [0.25, 0.3) is 0 Å². The van der Waals surface area contributed by atoms with E-state index in [-0.39, 0.29) is 18.8 Å². The average molecular weight is 289 g/mol. The Morgan fingerprint density at radius 2 is 1.78 bits per heavy atom. The Labute approximate surface area is 102 Å². The van der Waals surface area contributed by atoms with E-state index in [9.17, 15) is 26.4 Å². The van der Waals surface area contributed by atoms with Gasteiger partial charge in [-0.2, -0.15) is 17.9 Å². The van der Waals surface area contributed by atoms with Crippen LogP contribution in [0.1, 0.15) is 32.6 Å². The number of nitrogens with one attached hydrogen (secondary N) is 1. The smallest absolute Gasteiger partial charge is 0.480 e. The third kappa shape index (κ3) is 2.94. The zero-order chi connectivity index (χ0) is 14.2. The van der Waals surface area contributed by atoms with E-state index in [0.717, 1.165) is 0 Å². The number of hydrogen-bond donors (Lipinski definition) is 2. The number of rotatable bonds is 3. The lowest BCUT2D eigenvalue weighted by Gasteiger charge is -2.36. The SMILES string of the molecule is CC1CCC(NS(=O)(=O)C(F)(F)F)(C(=O)O)CC1. The maximum absolute atomic E-state index is 12.3. The molecule has 0 saturated heterocycles. The van der Waals surface area contributed by atoms with Gasteiger partial charge in [0, 0.05) is 0 Å². The Balaban J connectivity index is 2.99. The van der Waals surface area contributed by atoms with Gasteiger partial charge in [0.2, 0.25) is 0 Å². The molecule has 18 heavy (non-hydrogen) atoms. The molecule has 2 N–H and O–H groups in total. The van der Waals surface area contributed by atoms with Gasteiger partial charge in [-0.1, -0.05) is 6.92 Å². The lowest BCUT2D eigenvalue weighted by Crippen LogP contribution is -2.58. The first-order chi connectivity index (χ1) is 8.00. The van der Waals surface area contributed by atoms with Crippen LogP contribution in [0.15, 0.2) is 0 Å². The van der Waals surface area contributed by atoms with Crippen LogP contribution in [0.4, 0.5) is 13.2 Å². The van der Waals surface area contributed by atoms with Gasteiger partial charge in [-0.25, -0.2) is 8.42 Å². The van der Waals surface area contributed by atoms with Crippen LogP contribution in [0, 0.1) is 5.92 Å². The second-order valence-electron chi connectivity index (χ2n) is 4.62. The van der Waals surface area contributed by atoms with Crippen LogP contribution in [0.25, 0.3) is 0 Å². The standard InChI is InChI=1S/C9H14F3NO4S/c1-6-2-4-8(5-3-6,7(14)15)13-18(16,17)9(10,11)12/h6,13H,2-5H2,1H3,(H,14,15). The van der Waals surface area contributed by atoms with E-state index in [0.29, 0.717) is 12.8 Å². The van der Waals surface area contributed by atoms with E-state index < -0.39 is 27.0 Å². The number of carbonyl (C=O) groups is 1. The lowest BCUT2D eigenvalue weighted by atomic mass is 9.78. The highest BCUT2D eigenvalue weighted by Gasteiger charge is 2.53. The topological polar surface area (TPSA) is 83.5 Å². The Kier molecular flexibility index (Phi) is 3.97. The second kappa shape index (κ2) is 4.69. The molecule has 1 aliphatic rings. The Hall–Kier alpha value is -0.830. The van der Waals surface area contributed by atoms with Crippen LogP contribution in [0.2, 0.25) is 0 Å². The zero-order valence-corrected chi connectivity index (χ0v) is 10.4. The molecule has 0 bridgehead atoms. The molecule has 0 unspecified atom stereocenters. The monoisotopic (exact) mass is 289 g/mol. The summed E-state index contributed by atoms with van der Waals surface area (Å²) in [5, 5.41) is 9.01. The van der Waals surface area contributed by atoms with E-state index in [1.165, 1.54) is 4.72 Å². The van der Waals surface area contributed by atoms with Gasteiger partial charge in [0.1, 0.15) is 5.54 Å². The molecular formula is C9H14F3NO4S. The van der Waals surface area contributed by atoms with Gasteiger partial charge < -0.3 is 5.11 Å². The molecule has 1 rings (SSSR count). The highest BCUT2D eigenvalue weighted by atomic mass is 32.2. The Bertz CT molecular complexity index is 424. The maximum atomic E-state index is 12.3. The van der Waals surface area contributed by atoms with Crippen LogP contribution >= 0.6 is 0 Å². The van der Waals surface area contributed by atoms with E-state index in [4.69, 9.17) is 5.11 Å². The molecule has 1 fully saturated rings. The van der Waals surface area contributed by atoms with Gasteiger partial charge in [-0.15, -0.1) is 0 Å². The first-order valence-corrected chi connectivity index (χ1v) is 6.82. The molecule has 0 aliphatic heterocycles. The van der Waals surface area contributed by atoms with E-state index >= 15 is 0 Å². The van der Waals surface area contributed by atoms with E-state index in [1.54, 1.807) is 0 Å². The van der Waals surface area contributed by atoms with Crippen LogP contribution in [0.5, 0.6) is 0 Å². The minimum absolute atomic E-state index is 0.140. The maximum Gasteiger partial charge on any atom is 0.511 e. The van der Waals surface area contributed by atoms with E-state index in [2.05, 4.69) is 0 Å². The third-order valence-corrected chi connectivity index (χ3v) is 4.44. The molecule has 0 amide bonds. The van der Waals surface area contributed by atoms with Crippen molar-refractivity contribution in [1.82, 2.24) is 4.72 Å². The summed E-state index contributed by atoms with van der Waals surface area (Å²) in [6.45, 7) is 1.84. The molecule has 0 spiro atoms. The van der Waals surface area contributed by atoms with Crippen LogP contribution in [-0.2, 0) is 14.8 Å². The summed E-state index contributed by atoms with van der Waals surface area (Å²) in [5.41, 5.74) is -7.54. The van der Waals surface area contributed by atoms with Crippen molar-refractivity contribution in [2.75, 3.05) is 0 Å². The van der Waals surface area contributed by atoms with Crippen molar-refractivity contribution in [3.8, 4) is 0 Å². The Morgan fingerprint density at radius 1 is 1.33 bits per heavy atom. The summed E-state index contributed by atoms with van der Waals surface area (Å²) in [5.74, 6) is -1.39. The molecule has 5 nitrogen and oxygen atoms in total. The fourth-order valence-electron chi connectivity index (χ4n) is 1.93. The van der Waals surface area contributed by atoms with Crippen molar-refractivity contribution < 1.29 is 31.5 Å². The lowest BCUT2D eigenvalue weighted by molar-refractivity contribution is -0.145. The molecule has 0 heterocycles. The molecule has 0 aromatic carbocycles. The zero-order valence-electron chi connectivity index (χ0n) is 9.62. The van der Waals surface area contributed by atoms with Crippen molar-refractivity contribution in [2.24, 2.45) is 5.92 Å².